The fraction of sp³-hybridized carbons (Fsp3) is 0.364. The van der Waals surface area contributed by atoms with Crippen molar-refractivity contribution in [3.05, 3.63) is 65.7 Å². The molecule has 2 aromatic rings. The summed E-state index contributed by atoms with van der Waals surface area (Å²) in [6.07, 6.45) is 1.02. The second-order valence-corrected chi connectivity index (χ2v) is 7.11. The van der Waals surface area contributed by atoms with E-state index in [0.717, 1.165) is 17.9 Å². The van der Waals surface area contributed by atoms with Crippen LogP contribution in [0.4, 0.5) is 8.78 Å². The molecule has 0 bridgehead atoms. The average molecular weight is 402 g/mol. The molecule has 0 radical (unpaired) electrons. The topological polar surface area (TPSA) is 49.9 Å². The van der Waals surface area contributed by atoms with Crippen LogP contribution >= 0.6 is 0 Å². The van der Waals surface area contributed by atoms with E-state index < -0.39 is 17.5 Å². The summed E-state index contributed by atoms with van der Waals surface area (Å²) >= 11 is 0. The van der Waals surface area contributed by atoms with Crippen LogP contribution in [0.3, 0.4) is 0 Å². The molecule has 0 aliphatic carbocycles. The van der Waals surface area contributed by atoms with E-state index in [9.17, 15) is 18.4 Å². The number of carbonyl (C=O) groups is 2. The molecule has 0 unspecified atom stereocenters. The number of likely N-dealkylation sites (N-methyl/N-ethyl adjacent to an activating group) is 1. The molecule has 1 saturated heterocycles. The number of hydrogen-bond acceptors (Lipinski definition) is 3. The summed E-state index contributed by atoms with van der Waals surface area (Å²) < 4.78 is 32.5. The molecule has 1 fully saturated rings. The Labute approximate surface area is 168 Å². The lowest BCUT2D eigenvalue weighted by Crippen LogP contribution is -2.44. The maximum Gasteiger partial charge on any atom is 0.256 e. The Morgan fingerprint density at radius 2 is 1.79 bits per heavy atom. The molecule has 0 aromatic heterocycles. The first kappa shape index (κ1) is 20.8. The van der Waals surface area contributed by atoms with E-state index in [1.165, 1.54) is 4.90 Å². The van der Waals surface area contributed by atoms with Gasteiger partial charge in [0, 0.05) is 32.1 Å². The maximum absolute atomic E-state index is 13.8. The van der Waals surface area contributed by atoms with Gasteiger partial charge in [-0.05, 0) is 37.1 Å². The highest BCUT2D eigenvalue weighted by molar-refractivity contribution is 5.94. The van der Waals surface area contributed by atoms with Gasteiger partial charge in [0.05, 0.1) is 12.1 Å². The second-order valence-electron chi connectivity index (χ2n) is 7.11. The predicted octanol–water partition coefficient (Wildman–Crippen LogP) is 3.35. The highest BCUT2D eigenvalue weighted by Crippen LogP contribution is 2.22. The number of rotatable bonds is 6. The zero-order valence-corrected chi connectivity index (χ0v) is 16.3. The van der Waals surface area contributed by atoms with Crippen molar-refractivity contribution in [3.8, 4) is 5.75 Å². The van der Waals surface area contributed by atoms with Crippen molar-refractivity contribution in [3.63, 3.8) is 0 Å². The molecule has 154 valence electrons. The standard InChI is InChI=1S/C22H24F2N2O3/c1-25(13-14-29-18-5-3-2-4-6-18)21(27)16-9-11-26(12-10-16)22(28)19-8-7-17(23)15-20(19)24/h2-8,15-16H,9-14H2,1H3. The number of likely N-dealkylation sites (tertiary alicyclic amines) is 1. The molecule has 0 atom stereocenters. The van der Waals surface area contributed by atoms with Crippen molar-refractivity contribution in [2.24, 2.45) is 5.92 Å². The molecule has 3 rings (SSSR count). The third-order valence-corrected chi connectivity index (χ3v) is 5.11. The van der Waals surface area contributed by atoms with Gasteiger partial charge in [-0.15, -0.1) is 0 Å². The summed E-state index contributed by atoms with van der Waals surface area (Å²) in [4.78, 5) is 28.3. The number of amides is 2. The lowest BCUT2D eigenvalue weighted by atomic mass is 9.95. The molecular formula is C22H24F2N2O3. The minimum Gasteiger partial charge on any atom is -0.492 e. The molecule has 5 nitrogen and oxygen atoms in total. The highest BCUT2D eigenvalue weighted by atomic mass is 19.1. The third-order valence-electron chi connectivity index (χ3n) is 5.11. The van der Waals surface area contributed by atoms with Crippen molar-refractivity contribution in [1.29, 1.82) is 0 Å². The predicted molar refractivity (Wildman–Crippen MR) is 105 cm³/mol. The molecule has 7 heteroatoms. The van der Waals surface area contributed by atoms with Gasteiger partial charge in [-0.3, -0.25) is 9.59 Å². The van der Waals surface area contributed by atoms with Gasteiger partial charge in [0.25, 0.3) is 5.91 Å². The van der Waals surface area contributed by atoms with Crippen molar-refractivity contribution < 1.29 is 23.1 Å². The molecule has 1 aliphatic heterocycles. The van der Waals surface area contributed by atoms with Crippen LogP contribution in [0, 0.1) is 17.6 Å². The van der Waals surface area contributed by atoms with E-state index in [4.69, 9.17) is 4.74 Å². The largest absolute Gasteiger partial charge is 0.492 e. The van der Waals surface area contributed by atoms with Crippen LogP contribution in [0.5, 0.6) is 5.75 Å². The first-order valence-electron chi connectivity index (χ1n) is 9.63. The molecule has 0 N–H and O–H groups in total. The van der Waals surface area contributed by atoms with Gasteiger partial charge >= 0.3 is 0 Å². The minimum atomic E-state index is -0.869. The Hall–Kier alpha value is -2.96. The van der Waals surface area contributed by atoms with E-state index in [1.807, 2.05) is 30.3 Å². The first-order chi connectivity index (χ1) is 14.0. The number of nitrogens with zero attached hydrogens (tertiary/aromatic N) is 2. The number of para-hydroxylation sites is 1. The summed E-state index contributed by atoms with van der Waals surface area (Å²) in [5, 5.41) is 0. The fourth-order valence-electron chi connectivity index (χ4n) is 3.40. The van der Waals surface area contributed by atoms with Gasteiger partial charge in [-0.25, -0.2) is 8.78 Å². The SMILES string of the molecule is CN(CCOc1ccccc1)C(=O)C1CCN(C(=O)c2ccc(F)cc2F)CC1. The van der Waals surface area contributed by atoms with Crippen LogP contribution in [0.1, 0.15) is 23.2 Å². The Balaban J connectivity index is 1.46. The summed E-state index contributed by atoms with van der Waals surface area (Å²) in [5.74, 6) is -1.47. The van der Waals surface area contributed by atoms with Crippen molar-refractivity contribution in [1.82, 2.24) is 9.80 Å². The van der Waals surface area contributed by atoms with Gasteiger partial charge in [0.1, 0.15) is 24.0 Å². The third kappa shape index (κ3) is 5.31. The van der Waals surface area contributed by atoms with Crippen molar-refractivity contribution >= 4 is 11.8 Å². The Bertz CT molecular complexity index is 852. The highest BCUT2D eigenvalue weighted by Gasteiger charge is 2.30. The number of halogens is 2. The molecule has 1 heterocycles. The molecular weight excluding hydrogens is 378 g/mol. The fourth-order valence-corrected chi connectivity index (χ4v) is 3.40. The Morgan fingerprint density at radius 1 is 1.10 bits per heavy atom. The molecule has 0 saturated carbocycles. The molecule has 0 spiro atoms. The number of hydrogen-bond donors (Lipinski definition) is 0. The minimum absolute atomic E-state index is 0.0155. The maximum atomic E-state index is 13.8. The normalized spacial score (nSPS) is 14.5. The van der Waals surface area contributed by atoms with E-state index in [2.05, 4.69) is 0 Å². The van der Waals surface area contributed by atoms with Crippen molar-refractivity contribution in [2.75, 3.05) is 33.3 Å². The first-order valence-corrected chi connectivity index (χ1v) is 9.63. The molecule has 1 aliphatic rings. The number of ether oxygens (including phenoxy) is 1. The van der Waals surface area contributed by atoms with E-state index in [-0.39, 0.29) is 17.4 Å². The van der Waals surface area contributed by atoms with Crippen LogP contribution in [0.2, 0.25) is 0 Å². The van der Waals surface area contributed by atoms with Gasteiger partial charge in [0.15, 0.2) is 0 Å². The van der Waals surface area contributed by atoms with Crippen LogP contribution in [-0.2, 0) is 4.79 Å². The zero-order valence-electron chi connectivity index (χ0n) is 16.3. The smallest absolute Gasteiger partial charge is 0.256 e. The molecule has 2 amide bonds. The number of piperidine rings is 1. The van der Waals surface area contributed by atoms with Gasteiger partial charge in [0.2, 0.25) is 5.91 Å². The van der Waals surface area contributed by atoms with Crippen LogP contribution < -0.4 is 4.74 Å². The van der Waals surface area contributed by atoms with Crippen molar-refractivity contribution in [2.45, 2.75) is 12.8 Å². The number of carbonyl (C=O) groups excluding carboxylic acids is 2. The van der Waals surface area contributed by atoms with Gasteiger partial charge in [-0.2, -0.15) is 0 Å². The molecule has 29 heavy (non-hydrogen) atoms. The summed E-state index contributed by atoms with van der Waals surface area (Å²) in [6.45, 7) is 1.59. The second kappa shape index (κ2) is 9.49. The van der Waals surface area contributed by atoms with Crippen LogP contribution in [0.15, 0.2) is 48.5 Å². The van der Waals surface area contributed by atoms with E-state index in [1.54, 1.807) is 11.9 Å². The summed E-state index contributed by atoms with van der Waals surface area (Å²) in [6, 6.07) is 12.3. The van der Waals surface area contributed by atoms with Gasteiger partial charge < -0.3 is 14.5 Å². The van der Waals surface area contributed by atoms with Crippen LogP contribution in [0.25, 0.3) is 0 Å². The lowest BCUT2D eigenvalue weighted by molar-refractivity contribution is -0.135. The summed E-state index contributed by atoms with van der Waals surface area (Å²) in [7, 11) is 1.74. The monoisotopic (exact) mass is 402 g/mol. The van der Waals surface area contributed by atoms with Crippen LogP contribution in [-0.4, -0.2) is 54.9 Å². The number of benzene rings is 2. The Kier molecular flexibility index (Phi) is 6.80. The average Bonchev–Trinajstić information content (AvgIpc) is 2.73. The summed E-state index contributed by atoms with van der Waals surface area (Å²) in [5.41, 5.74) is -0.147. The Morgan fingerprint density at radius 3 is 2.45 bits per heavy atom. The lowest BCUT2D eigenvalue weighted by Gasteiger charge is -2.33. The van der Waals surface area contributed by atoms with Gasteiger partial charge in [-0.1, -0.05) is 18.2 Å². The molecule has 2 aromatic carbocycles. The van der Waals surface area contributed by atoms with E-state index in [0.29, 0.717) is 45.1 Å². The van der Waals surface area contributed by atoms with E-state index >= 15 is 0 Å². The zero-order chi connectivity index (χ0) is 20.8. The quantitative estimate of drug-likeness (QED) is 0.745.